The number of nitrogens with one attached hydrogen (secondary N) is 2. The molecule has 0 amide bonds. The van der Waals surface area contributed by atoms with Crippen LogP contribution in [0.4, 0.5) is 0 Å². The highest BCUT2D eigenvalue weighted by Crippen LogP contribution is 2.30. The van der Waals surface area contributed by atoms with Crippen LogP contribution in [0.15, 0.2) is 18.2 Å². The molecule has 0 aromatic heterocycles. The second kappa shape index (κ2) is 6.76. The first-order chi connectivity index (χ1) is 9.44. The van der Waals surface area contributed by atoms with Crippen LogP contribution in [0.2, 0.25) is 5.02 Å². The predicted molar refractivity (Wildman–Crippen MR) is 79.9 cm³/mol. The molecule has 2 N–H and O–H groups in total. The Morgan fingerprint density at radius 1 is 1.40 bits per heavy atom. The first-order valence-corrected chi connectivity index (χ1v) is 8.81. The van der Waals surface area contributed by atoms with Crippen molar-refractivity contribution < 1.29 is 13.2 Å². The molecule has 0 aliphatic carbocycles. The number of ether oxygens (including phenoxy) is 1. The summed E-state index contributed by atoms with van der Waals surface area (Å²) in [5.41, 5.74) is 1.14. The van der Waals surface area contributed by atoms with Gasteiger partial charge in [0.25, 0.3) is 0 Å². The Hall–Kier alpha value is -0.820. The van der Waals surface area contributed by atoms with Gasteiger partial charge in [-0.25, -0.2) is 13.1 Å². The molecule has 0 fully saturated rings. The Morgan fingerprint density at radius 2 is 2.20 bits per heavy atom. The van der Waals surface area contributed by atoms with E-state index < -0.39 is 10.0 Å². The molecule has 1 unspecified atom stereocenters. The Labute approximate surface area is 124 Å². The number of sulfonamides is 1. The quantitative estimate of drug-likeness (QED) is 0.741. The summed E-state index contributed by atoms with van der Waals surface area (Å²) in [6, 6.07) is 5.66. The van der Waals surface area contributed by atoms with Gasteiger partial charge in [-0.3, -0.25) is 0 Å². The smallest absolute Gasteiger partial charge is 0.208 e. The highest BCUT2D eigenvalue weighted by Gasteiger charge is 2.22. The van der Waals surface area contributed by atoms with Crippen molar-refractivity contribution in [3.63, 3.8) is 0 Å². The summed E-state index contributed by atoms with van der Waals surface area (Å²) in [6.07, 6.45) is 2.88. The Kier molecular flexibility index (Phi) is 5.26. The van der Waals surface area contributed by atoms with Crippen molar-refractivity contribution in [1.29, 1.82) is 0 Å². The van der Waals surface area contributed by atoms with Crippen molar-refractivity contribution in [3.05, 3.63) is 28.8 Å². The molecule has 1 aromatic carbocycles. The van der Waals surface area contributed by atoms with Gasteiger partial charge in [0, 0.05) is 24.5 Å². The molecule has 1 heterocycles. The van der Waals surface area contributed by atoms with Crippen LogP contribution in [0.25, 0.3) is 0 Å². The van der Waals surface area contributed by atoms with Gasteiger partial charge in [-0.05, 0) is 36.7 Å². The van der Waals surface area contributed by atoms with Gasteiger partial charge in [0.2, 0.25) is 10.0 Å². The summed E-state index contributed by atoms with van der Waals surface area (Å²) >= 11 is 5.94. The minimum absolute atomic E-state index is 0.117. The van der Waals surface area contributed by atoms with Gasteiger partial charge in [-0.1, -0.05) is 11.6 Å². The lowest BCUT2D eigenvalue weighted by Gasteiger charge is -2.11. The molecule has 1 aliphatic rings. The Balaban J connectivity index is 1.63. The van der Waals surface area contributed by atoms with E-state index in [0.717, 1.165) is 48.5 Å². The minimum atomic E-state index is -3.08. The normalized spacial score (nSPS) is 17.8. The Bertz CT molecular complexity index is 563. The molecular weight excluding hydrogens is 300 g/mol. The molecule has 0 radical (unpaired) electrons. The summed E-state index contributed by atoms with van der Waals surface area (Å²) < 4.78 is 30.0. The van der Waals surface area contributed by atoms with Gasteiger partial charge in [-0.2, -0.15) is 0 Å². The summed E-state index contributed by atoms with van der Waals surface area (Å²) in [5, 5.41) is 4.00. The first-order valence-electron chi connectivity index (χ1n) is 6.54. The van der Waals surface area contributed by atoms with E-state index in [1.807, 2.05) is 18.2 Å². The molecule has 2 rings (SSSR count). The van der Waals surface area contributed by atoms with E-state index in [-0.39, 0.29) is 6.10 Å². The minimum Gasteiger partial charge on any atom is -0.488 e. The largest absolute Gasteiger partial charge is 0.488 e. The summed E-state index contributed by atoms with van der Waals surface area (Å²) in [5.74, 6) is 0.903. The summed E-state index contributed by atoms with van der Waals surface area (Å²) in [6.45, 7) is 1.94. The molecule has 20 heavy (non-hydrogen) atoms. The molecule has 0 bridgehead atoms. The first kappa shape index (κ1) is 15.6. The second-order valence-corrected chi connectivity index (χ2v) is 7.19. The molecule has 0 saturated heterocycles. The number of benzene rings is 1. The molecule has 1 aliphatic heterocycles. The topological polar surface area (TPSA) is 67.4 Å². The zero-order chi connectivity index (χ0) is 14.6. The fourth-order valence-electron chi connectivity index (χ4n) is 2.14. The van der Waals surface area contributed by atoms with Crippen LogP contribution in [0.1, 0.15) is 12.0 Å². The summed E-state index contributed by atoms with van der Waals surface area (Å²) in [7, 11) is -3.08. The van der Waals surface area contributed by atoms with Gasteiger partial charge in [0.05, 0.1) is 6.26 Å². The molecule has 0 spiro atoms. The maximum atomic E-state index is 10.9. The molecule has 1 aromatic rings. The average Bonchev–Trinajstić information content (AvgIpc) is 2.74. The van der Waals surface area contributed by atoms with Crippen LogP contribution in [-0.2, 0) is 16.4 Å². The van der Waals surface area contributed by atoms with E-state index in [4.69, 9.17) is 16.3 Å². The standard InChI is InChI=1S/C13H19ClN2O3S/c1-20(17,18)16-6-2-5-15-9-12-8-10-7-11(14)3-4-13(10)19-12/h3-4,7,12,15-16H,2,5-6,8-9H2,1H3. The van der Waals surface area contributed by atoms with E-state index in [1.54, 1.807) is 0 Å². The molecule has 7 heteroatoms. The molecule has 1 atom stereocenters. The van der Waals surface area contributed by atoms with Crippen LogP contribution < -0.4 is 14.8 Å². The second-order valence-electron chi connectivity index (χ2n) is 4.92. The summed E-state index contributed by atoms with van der Waals surface area (Å²) in [4.78, 5) is 0. The lowest BCUT2D eigenvalue weighted by atomic mass is 10.1. The van der Waals surface area contributed by atoms with Crippen LogP contribution in [0, 0.1) is 0 Å². The zero-order valence-corrected chi connectivity index (χ0v) is 12.9. The van der Waals surface area contributed by atoms with Crippen LogP contribution in [0.3, 0.4) is 0 Å². The van der Waals surface area contributed by atoms with Crippen molar-refractivity contribution in [2.75, 3.05) is 25.9 Å². The third kappa shape index (κ3) is 4.94. The lowest BCUT2D eigenvalue weighted by molar-refractivity contribution is 0.228. The van der Waals surface area contributed by atoms with Gasteiger partial charge in [-0.15, -0.1) is 0 Å². The fraction of sp³-hybridized carbons (Fsp3) is 0.538. The predicted octanol–water partition coefficient (Wildman–Crippen LogP) is 1.17. The van der Waals surface area contributed by atoms with E-state index in [1.165, 1.54) is 0 Å². The van der Waals surface area contributed by atoms with Crippen LogP contribution in [-0.4, -0.2) is 40.4 Å². The van der Waals surface area contributed by atoms with Crippen molar-refractivity contribution in [2.45, 2.75) is 18.9 Å². The highest BCUT2D eigenvalue weighted by atomic mass is 35.5. The van der Waals surface area contributed by atoms with E-state index in [2.05, 4.69) is 10.0 Å². The van der Waals surface area contributed by atoms with Crippen molar-refractivity contribution in [1.82, 2.24) is 10.0 Å². The zero-order valence-electron chi connectivity index (χ0n) is 11.4. The average molecular weight is 319 g/mol. The molecule has 112 valence electrons. The molecular formula is C13H19ClN2O3S. The van der Waals surface area contributed by atoms with Gasteiger partial charge in [0.15, 0.2) is 0 Å². The van der Waals surface area contributed by atoms with Gasteiger partial charge >= 0.3 is 0 Å². The van der Waals surface area contributed by atoms with Gasteiger partial charge < -0.3 is 10.1 Å². The molecule has 5 nitrogen and oxygen atoms in total. The van der Waals surface area contributed by atoms with Crippen molar-refractivity contribution in [3.8, 4) is 5.75 Å². The van der Waals surface area contributed by atoms with Gasteiger partial charge in [0.1, 0.15) is 11.9 Å². The maximum absolute atomic E-state index is 10.9. The van der Waals surface area contributed by atoms with E-state index >= 15 is 0 Å². The SMILES string of the molecule is CS(=O)(=O)NCCCNCC1Cc2cc(Cl)ccc2O1. The number of rotatable bonds is 7. The van der Waals surface area contributed by atoms with E-state index in [9.17, 15) is 8.42 Å². The number of hydrogen-bond donors (Lipinski definition) is 2. The third-order valence-corrected chi connectivity index (χ3v) is 3.99. The number of hydrogen-bond acceptors (Lipinski definition) is 4. The third-order valence-electron chi connectivity index (χ3n) is 3.03. The lowest BCUT2D eigenvalue weighted by Crippen LogP contribution is -2.32. The van der Waals surface area contributed by atoms with Crippen LogP contribution >= 0.6 is 11.6 Å². The number of halogens is 1. The van der Waals surface area contributed by atoms with Crippen molar-refractivity contribution in [2.24, 2.45) is 0 Å². The van der Waals surface area contributed by atoms with Crippen molar-refractivity contribution >= 4 is 21.6 Å². The highest BCUT2D eigenvalue weighted by molar-refractivity contribution is 7.88. The fourth-order valence-corrected chi connectivity index (χ4v) is 2.85. The Morgan fingerprint density at radius 3 is 2.95 bits per heavy atom. The number of fused-ring (bicyclic) bond motifs is 1. The van der Waals surface area contributed by atoms with Crippen LogP contribution in [0.5, 0.6) is 5.75 Å². The monoisotopic (exact) mass is 318 g/mol. The van der Waals surface area contributed by atoms with E-state index in [0.29, 0.717) is 6.54 Å². The maximum Gasteiger partial charge on any atom is 0.208 e. The molecule has 0 saturated carbocycles.